The quantitative estimate of drug-likeness (QED) is 0.812. The summed E-state index contributed by atoms with van der Waals surface area (Å²) in [5, 5.41) is 1.10. The highest BCUT2D eigenvalue weighted by atomic mass is 16.5. The van der Waals surface area contributed by atoms with Crippen LogP contribution < -0.4 is 5.73 Å². The molecule has 0 saturated carbocycles. The van der Waals surface area contributed by atoms with Gasteiger partial charge in [0.05, 0.1) is 6.61 Å². The largest absolute Gasteiger partial charge is 0.465 e. The van der Waals surface area contributed by atoms with Crippen molar-refractivity contribution in [1.29, 1.82) is 0 Å². The maximum absolute atomic E-state index is 11.7. The summed E-state index contributed by atoms with van der Waals surface area (Å²) in [5.74, 6) is -0.435. The molecule has 0 fully saturated rings. The normalized spacial score (nSPS) is 14.4. The van der Waals surface area contributed by atoms with Crippen molar-refractivity contribution >= 4 is 16.9 Å². The second-order valence-corrected chi connectivity index (χ2v) is 4.36. The molecule has 96 valence electrons. The van der Waals surface area contributed by atoms with Crippen molar-refractivity contribution in [3.63, 3.8) is 0 Å². The number of benzene rings is 1. The fraction of sp³-hybridized carbons (Fsp3) is 0.357. The number of nitrogens with two attached hydrogens (primary N) is 1. The van der Waals surface area contributed by atoms with Gasteiger partial charge < -0.3 is 15.5 Å². The number of H-pyrrole nitrogens is 1. The van der Waals surface area contributed by atoms with Crippen molar-refractivity contribution in [2.45, 2.75) is 25.8 Å². The number of hydrogen-bond acceptors (Lipinski definition) is 3. The molecule has 0 saturated heterocycles. The first-order chi connectivity index (χ1) is 8.65. The van der Waals surface area contributed by atoms with Crippen molar-refractivity contribution in [3.05, 3.63) is 36.0 Å². The van der Waals surface area contributed by atoms with Gasteiger partial charge in [-0.2, -0.15) is 0 Å². The standard InChI is InChI=1S/C14H18N2O2/c1-3-18-14(17)13(15)9(2)11-8-16-12-7-5-4-6-10(11)12/h4-9,13,16H,3,15H2,1-2H3/t9?,13-/m0/s1. The van der Waals surface area contributed by atoms with Gasteiger partial charge in [-0.3, -0.25) is 4.79 Å². The highest BCUT2D eigenvalue weighted by molar-refractivity contribution is 5.85. The Morgan fingerprint density at radius 3 is 2.89 bits per heavy atom. The van der Waals surface area contributed by atoms with E-state index in [1.807, 2.05) is 37.4 Å². The van der Waals surface area contributed by atoms with Crippen molar-refractivity contribution in [1.82, 2.24) is 4.98 Å². The molecule has 1 aromatic carbocycles. The number of fused-ring (bicyclic) bond motifs is 1. The fourth-order valence-electron chi connectivity index (χ4n) is 2.11. The average Bonchev–Trinajstić information content (AvgIpc) is 2.81. The van der Waals surface area contributed by atoms with Gasteiger partial charge in [-0.15, -0.1) is 0 Å². The number of aromatic amines is 1. The second-order valence-electron chi connectivity index (χ2n) is 4.36. The molecule has 18 heavy (non-hydrogen) atoms. The summed E-state index contributed by atoms with van der Waals surface area (Å²) >= 11 is 0. The highest BCUT2D eigenvalue weighted by Crippen LogP contribution is 2.27. The van der Waals surface area contributed by atoms with E-state index in [9.17, 15) is 4.79 Å². The van der Waals surface area contributed by atoms with E-state index in [-0.39, 0.29) is 11.9 Å². The van der Waals surface area contributed by atoms with Gasteiger partial charge in [0.15, 0.2) is 0 Å². The monoisotopic (exact) mass is 246 g/mol. The minimum Gasteiger partial charge on any atom is -0.465 e. The molecule has 1 heterocycles. The zero-order valence-corrected chi connectivity index (χ0v) is 10.6. The van der Waals surface area contributed by atoms with Crippen molar-refractivity contribution in [3.8, 4) is 0 Å². The Hall–Kier alpha value is -1.81. The Labute approximate surface area is 106 Å². The number of para-hydroxylation sites is 1. The van der Waals surface area contributed by atoms with Gasteiger partial charge >= 0.3 is 5.97 Å². The van der Waals surface area contributed by atoms with Crippen molar-refractivity contribution < 1.29 is 9.53 Å². The van der Waals surface area contributed by atoms with Crippen LogP contribution in [0, 0.1) is 0 Å². The van der Waals surface area contributed by atoms with E-state index >= 15 is 0 Å². The van der Waals surface area contributed by atoms with Crippen LogP contribution in [0.1, 0.15) is 25.3 Å². The predicted octanol–water partition coefficient (Wildman–Crippen LogP) is 2.16. The lowest BCUT2D eigenvalue weighted by molar-refractivity contribution is -0.145. The Balaban J connectivity index is 2.28. The maximum atomic E-state index is 11.7. The predicted molar refractivity (Wildman–Crippen MR) is 71.3 cm³/mol. The minimum absolute atomic E-state index is 0.0831. The maximum Gasteiger partial charge on any atom is 0.323 e. The molecule has 0 spiro atoms. The van der Waals surface area contributed by atoms with E-state index in [2.05, 4.69) is 4.98 Å². The molecule has 0 aliphatic heterocycles. The lowest BCUT2D eigenvalue weighted by Gasteiger charge is -2.17. The summed E-state index contributed by atoms with van der Waals surface area (Å²) in [6, 6.07) is 7.34. The SMILES string of the molecule is CCOC(=O)[C@@H](N)C(C)c1c[nH]c2ccccc12. The molecule has 2 aromatic rings. The number of nitrogens with one attached hydrogen (secondary N) is 1. The van der Waals surface area contributed by atoms with Gasteiger partial charge in [-0.1, -0.05) is 25.1 Å². The summed E-state index contributed by atoms with van der Waals surface area (Å²) in [6.45, 7) is 4.07. The summed E-state index contributed by atoms with van der Waals surface area (Å²) in [4.78, 5) is 14.8. The van der Waals surface area contributed by atoms with Gasteiger partial charge in [-0.05, 0) is 18.6 Å². The van der Waals surface area contributed by atoms with Gasteiger partial charge in [0.1, 0.15) is 6.04 Å². The number of rotatable bonds is 4. The van der Waals surface area contributed by atoms with Crippen LogP contribution in [0.15, 0.2) is 30.5 Å². The molecule has 0 aliphatic carbocycles. The van der Waals surface area contributed by atoms with Crippen LogP contribution in [-0.2, 0) is 9.53 Å². The van der Waals surface area contributed by atoms with Crippen LogP contribution in [0.4, 0.5) is 0 Å². The summed E-state index contributed by atoms with van der Waals surface area (Å²) in [6.07, 6.45) is 1.91. The molecular weight excluding hydrogens is 228 g/mol. The topological polar surface area (TPSA) is 68.1 Å². The van der Waals surface area contributed by atoms with Crippen LogP contribution in [0.3, 0.4) is 0 Å². The third-order valence-corrected chi connectivity index (χ3v) is 3.21. The Bertz CT molecular complexity index is 547. The first kappa shape index (κ1) is 12.6. The van der Waals surface area contributed by atoms with E-state index in [1.165, 1.54) is 0 Å². The van der Waals surface area contributed by atoms with E-state index < -0.39 is 6.04 Å². The molecule has 0 bridgehead atoms. The van der Waals surface area contributed by atoms with Gasteiger partial charge in [0, 0.05) is 23.0 Å². The zero-order chi connectivity index (χ0) is 13.1. The number of hydrogen-bond donors (Lipinski definition) is 2. The molecule has 1 unspecified atom stereocenters. The van der Waals surface area contributed by atoms with Crippen LogP contribution in [0.25, 0.3) is 10.9 Å². The number of esters is 1. The van der Waals surface area contributed by atoms with E-state index in [0.29, 0.717) is 6.61 Å². The fourth-order valence-corrected chi connectivity index (χ4v) is 2.11. The lowest BCUT2D eigenvalue weighted by atomic mass is 9.93. The van der Waals surface area contributed by atoms with E-state index in [4.69, 9.17) is 10.5 Å². The summed E-state index contributed by atoms with van der Waals surface area (Å²) in [7, 11) is 0. The van der Waals surface area contributed by atoms with Crippen LogP contribution in [0.5, 0.6) is 0 Å². The summed E-state index contributed by atoms with van der Waals surface area (Å²) in [5.41, 5.74) is 8.04. The van der Waals surface area contributed by atoms with Gasteiger partial charge in [0.2, 0.25) is 0 Å². The number of ether oxygens (including phenoxy) is 1. The molecule has 1 aromatic heterocycles. The molecule has 0 radical (unpaired) electrons. The first-order valence-electron chi connectivity index (χ1n) is 6.13. The molecule has 4 nitrogen and oxygen atoms in total. The number of carbonyl (C=O) groups is 1. The second kappa shape index (κ2) is 5.23. The van der Waals surface area contributed by atoms with Crippen molar-refractivity contribution in [2.24, 2.45) is 5.73 Å². The molecule has 3 N–H and O–H groups in total. The molecule has 2 atom stereocenters. The van der Waals surface area contributed by atoms with Crippen LogP contribution >= 0.6 is 0 Å². The molecule has 0 amide bonds. The third kappa shape index (κ3) is 2.24. The van der Waals surface area contributed by atoms with Crippen LogP contribution in [0.2, 0.25) is 0 Å². The van der Waals surface area contributed by atoms with Gasteiger partial charge in [-0.25, -0.2) is 0 Å². The highest BCUT2D eigenvalue weighted by Gasteiger charge is 2.25. The first-order valence-corrected chi connectivity index (χ1v) is 6.13. The minimum atomic E-state index is -0.635. The molecule has 0 aliphatic rings. The average molecular weight is 246 g/mol. The Morgan fingerprint density at radius 1 is 1.44 bits per heavy atom. The number of aromatic nitrogens is 1. The lowest BCUT2D eigenvalue weighted by Crippen LogP contribution is -2.37. The van der Waals surface area contributed by atoms with Crippen LogP contribution in [-0.4, -0.2) is 23.6 Å². The van der Waals surface area contributed by atoms with Gasteiger partial charge in [0.25, 0.3) is 0 Å². The summed E-state index contributed by atoms with van der Waals surface area (Å²) < 4.78 is 4.96. The molecule has 2 rings (SSSR count). The zero-order valence-electron chi connectivity index (χ0n) is 10.6. The molecular formula is C14H18N2O2. The Kier molecular flexibility index (Phi) is 3.67. The van der Waals surface area contributed by atoms with E-state index in [0.717, 1.165) is 16.5 Å². The van der Waals surface area contributed by atoms with E-state index in [1.54, 1.807) is 6.92 Å². The third-order valence-electron chi connectivity index (χ3n) is 3.21. The van der Waals surface area contributed by atoms with Crippen molar-refractivity contribution in [2.75, 3.05) is 6.61 Å². The Morgan fingerprint density at radius 2 is 2.17 bits per heavy atom. The smallest absolute Gasteiger partial charge is 0.323 e. The number of carbonyl (C=O) groups excluding carboxylic acids is 1. The molecule has 4 heteroatoms.